The molecule has 0 aromatic rings. The third-order valence-corrected chi connectivity index (χ3v) is 6.05. The summed E-state index contributed by atoms with van der Waals surface area (Å²) in [5.74, 6) is 2.29. The van der Waals surface area contributed by atoms with E-state index in [9.17, 15) is 0 Å². The van der Waals surface area contributed by atoms with Gasteiger partial charge in [0.2, 0.25) is 0 Å². The van der Waals surface area contributed by atoms with Crippen molar-refractivity contribution in [3.63, 3.8) is 0 Å². The van der Waals surface area contributed by atoms with Crippen molar-refractivity contribution in [2.75, 3.05) is 0 Å². The van der Waals surface area contributed by atoms with Crippen LogP contribution in [-0.4, -0.2) is 8.80 Å². The molecule has 0 saturated carbocycles. The van der Waals surface area contributed by atoms with Gasteiger partial charge in [-0.15, -0.1) is 0 Å². The second-order valence-electron chi connectivity index (χ2n) is 4.95. The Morgan fingerprint density at radius 2 is 1.79 bits per heavy atom. The summed E-state index contributed by atoms with van der Waals surface area (Å²) in [7, 11) is -0.604. The number of hydrogen-bond donors (Lipinski definition) is 0. The molecule has 2 aliphatic carbocycles. The highest BCUT2D eigenvalue weighted by Gasteiger charge is 2.36. The van der Waals surface area contributed by atoms with Crippen molar-refractivity contribution in [2.45, 2.75) is 26.9 Å². The maximum atomic E-state index is 2.46. The fraction of sp³-hybridized carbons (Fsp3) is 0.538. The minimum Gasteiger partial charge on any atom is -0.0817 e. The summed E-state index contributed by atoms with van der Waals surface area (Å²) in [6.07, 6.45) is 9.22. The molecule has 0 aromatic heterocycles. The Bertz CT molecular complexity index is 320. The van der Waals surface area contributed by atoms with Crippen molar-refractivity contribution in [3.05, 3.63) is 35.1 Å². The molecule has 0 heterocycles. The summed E-state index contributed by atoms with van der Waals surface area (Å²) in [5.41, 5.74) is 1.68. The Morgan fingerprint density at radius 3 is 2.36 bits per heavy atom. The molecule has 0 bridgehead atoms. The van der Waals surface area contributed by atoms with E-state index in [2.05, 4.69) is 51.2 Å². The van der Waals surface area contributed by atoms with Crippen LogP contribution in [0.2, 0.25) is 13.1 Å². The Hall–Kier alpha value is -0.563. The first-order valence-corrected chi connectivity index (χ1v) is 8.57. The molecule has 1 heteroatoms. The van der Waals surface area contributed by atoms with Crippen LogP contribution in [0, 0.1) is 17.8 Å². The minimum atomic E-state index is -0.604. The van der Waals surface area contributed by atoms with E-state index in [1.165, 1.54) is 0 Å². The van der Waals surface area contributed by atoms with Crippen molar-refractivity contribution in [1.29, 1.82) is 0 Å². The summed E-state index contributed by atoms with van der Waals surface area (Å²) < 4.78 is 0. The molecule has 0 aliphatic heterocycles. The van der Waals surface area contributed by atoms with Gasteiger partial charge in [-0.25, -0.2) is 0 Å². The summed E-state index contributed by atoms with van der Waals surface area (Å²) in [4.78, 5) is 0. The van der Waals surface area contributed by atoms with E-state index >= 15 is 0 Å². The van der Waals surface area contributed by atoms with E-state index in [0.29, 0.717) is 0 Å². The third kappa shape index (κ3) is 1.34. The summed E-state index contributed by atoms with van der Waals surface area (Å²) in [6, 6.07) is 0. The lowest BCUT2D eigenvalue weighted by molar-refractivity contribution is 0.469. The van der Waals surface area contributed by atoms with Gasteiger partial charge in [0.1, 0.15) is 0 Å². The van der Waals surface area contributed by atoms with Crippen LogP contribution >= 0.6 is 0 Å². The van der Waals surface area contributed by atoms with Gasteiger partial charge in [0.25, 0.3) is 0 Å². The van der Waals surface area contributed by atoms with Crippen LogP contribution in [0.5, 0.6) is 0 Å². The number of hydrogen-bond acceptors (Lipinski definition) is 0. The topological polar surface area (TPSA) is 0 Å². The van der Waals surface area contributed by atoms with Crippen LogP contribution in [0.25, 0.3) is 0 Å². The predicted molar refractivity (Wildman–Crippen MR) is 66.0 cm³/mol. The highest BCUT2D eigenvalue weighted by Crippen LogP contribution is 2.45. The maximum absolute atomic E-state index is 2.46. The lowest BCUT2D eigenvalue weighted by atomic mass is 9.84. The smallest absolute Gasteiger partial charge is 0.0599 e. The molecule has 0 saturated heterocycles. The second kappa shape index (κ2) is 3.54. The van der Waals surface area contributed by atoms with Crippen LogP contribution in [0.4, 0.5) is 0 Å². The van der Waals surface area contributed by atoms with E-state index in [-0.39, 0.29) is 0 Å². The van der Waals surface area contributed by atoms with Crippen LogP contribution in [0.1, 0.15) is 13.8 Å². The van der Waals surface area contributed by atoms with Gasteiger partial charge < -0.3 is 0 Å². The zero-order valence-electron chi connectivity index (χ0n) is 9.62. The van der Waals surface area contributed by atoms with Crippen LogP contribution < -0.4 is 0 Å². The average Bonchev–Trinajstić information content (AvgIpc) is 2.41. The van der Waals surface area contributed by atoms with Gasteiger partial charge in [-0.2, -0.15) is 0 Å². The van der Waals surface area contributed by atoms with Gasteiger partial charge in [0, 0.05) is 5.92 Å². The molecule has 0 fully saturated rings. The highest BCUT2D eigenvalue weighted by atomic mass is 28.3. The number of rotatable bonds is 1. The van der Waals surface area contributed by atoms with E-state index < -0.39 is 8.80 Å². The molecule has 3 atom stereocenters. The Kier molecular flexibility index (Phi) is 2.52. The Labute approximate surface area is 89.0 Å². The molecule has 0 nitrogen and oxygen atoms in total. The first-order valence-electron chi connectivity index (χ1n) is 5.68. The van der Waals surface area contributed by atoms with Crippen molar-refractivity contribution in [1.82, 2.24) is 0 Å². The van der Waals surface area contributed by atoms with Crippen LogP contribution in [0.15, 0.2) is 35.1 Å². The van der Waals surface area contributed by atoms with Crippen molar-refractivity contribution >= 4 is 8.80 Å². The zero-order chi connectivity index (χ0) is 10.3. The second-order valence-corrected chi connectivity index (χ2v) is 7.89. The van der Waals surface area contributed by atoms with E-state index in [1.807, 2.05) is 5.20 Å². The van der Waals surface area contributed by atoms with E-state index in [1.54, 1.807) is 5.57 Å². The molecule has 0 amide bonds. The monoisotopic (exact) mass is 204 g/mol. The van der Waals surface area contributed by atoms with Gasteiger partial charge >= 0.3 is 0 Å². The first-order chi connectivity index (χ1) is 6.63. The van der Waals surface area contributed by atoms with E-state index in [0.717, 1.165) is 17.8 Å². The summed E-state index contributed by atoms with van der Waals surface area (Å²) >= 11 is 0. The quantitative estimate of drug-likeness (QED) is 0.575. The minimum absolute atomic E-state index is 0.604. The lowest BCUT2D eigenvalue weighted by Gasteiger charge is -2.22. The van der Waals surface area contributed by atoms with Gasteiger partial charge in [0.05, 0.1) is 8.80 Å². The normalized spacial score (nSPS) is 35.6. The number of fused-ring (bicyclic) bond motifs is 1. The molecular weight excluding hydrogens is 184 g/mol. The lowest BCUT2D eigenvalue weighted by Crippen LogP contribution is -2.17. The van der Waals surface area contributed by atoms with Crippen molar-refractivity contribution < 1.29 is 0 Å². The van der Waals surface area contributed by atoms with Gasteiger partial charge in [0.15, 0.2) is 0 Å². The largest absolute Gasteiger partial charge is 0.0817 e. The van der Waals surface area contributed by atoms with Gasteiger partial charge in [-0.1, -0.05) is 55.1 Å². The first kappa shape index (κ1) is 9.97. The molecule has 14 heavy (non-hydrogen) atoms. The molecular formula is C13H20Si. The summed E-state index contributed by atoms with van der Waals surface area (Å²) in [6.45, 7) is 9.69. The van der Waals surface area contributed by atoms with Crippen molar-refractivity contribution in [3.8, 4) is 0 Å². The average molecular weight is 204 g/mol. The fourth-order valence-corrected chi connectivity index (χ4v) is 5.65. The molecule has 0 aromatic carbocycles. The molecule has 2 aliphatic rings. The van der Waals surface area contributed by atoms with Crippen molar-refractivity contribution in [2.24, 2.45) is 17.8 Å². The Morgan fingerprint density at radius 1 is 1.14 bits per heavy atom. The molecule has 0 spiro atoms. The molecule has 0 radical (unpaired) electrons. The molecule has 0 N–H and O–H groups in total. The highest BCUT2D eigenvalue weighted by molar-refractivity contribution is 6.64. The van der Waals surface area contributed by atoms with Crippen LogP contribution in [-0.2, 0) is 0 Å². The summed E-state index contributed by atoms with van der Waals surface area (Å²) in [5, 5.41) is 1.83. The maximum Gasteiger partial charge on any atom is 0.0599 e. The fourth-order valence-electron chi connectivity index (χ4n) is 3.28. The third-order valence-electron chi connectivity index (χ3n) is 3.82. The van der Waals surface area contributed by atoms with Crippen LogP contribution in [0.3, 0.4) is 0 Å². The SMILES string of the molecule is CC1=C([SiH](C)C)C(C)C2C=CC=CC12. The van der Waals surface area contributed by atoms with Gasteiger partial charge in [-0.05, 0) is 18.8 Å². The standard InChI is InChI=1S/C13H20Si/c1-9-11-7-5-6-8-12(11)10(2)13(9)14(3)4/h5-9,11-12,14H,1-4H3. The van der Waals surface area contributed by atoms with E-state index in [4.69, 9.17) is 0 Å². The molecule has 2 rings (SSSR count). The number of allylic oxidation sites excluding steroid dienone is 6. The molecule has 3 unspecified atom stereocenters. The zero-order valence-corrected chi connectivity index (χ0v) is 10.8. The molecule has 76 valence electrons. The van der Waals surface area contributed by atoms with Gasteiger partial charge in [-0.3, -0.25) is 0 Å². The Balaban J connectivity index is 2.38. The predicted octanol–water partition coefficient (Wildman–Crippen LogP) is 3.34.